The number of aliphatic imine (C=N–C) groups is 1. The normalized spacial score (nSPS) is 18.9. The Kier molecular flexibility index (Phi) is 11.1. The van der Waals surface area contributed by atoms with Crippen LogP contribution in [-0.4, -0.2) is 67.5 Å². The van der Waals surface area contributed by atoms with Gasteiger partial charge in [-0.15, -0.1) is 24.0 Å². The second-order valence-electron chi connectivity index (χ2n) is 9.05. The first-order valence-corrected chi connectivity index (χ1v) is 11.6. The maximum absolute atomic E-state index is 12.0. The fraction of sp³-hybridized carbons (Fsp3) is 0.667. The van der Waals surface area contributed by atoms with Crippen molar-refractivity contribution in [2.45, 2.75) is 70.5 Å². The predicted molar refractivity (Wildman–Crippen MR) is 139 cm³/mol. The van der Waals surface area contributed by atoms with Gasteiger partial charge in [-0.05, 0) is 43.7 Å². The first-order chi connectivity index (χ1) is 14.5. The van der Waals surface area contributed by atoms with E-state index in [-0.39, 0.29) is 36.4 Å². The van der Waals surface area contributed by atoms with Crippen LogP contribution in [0.15, 0.2) is 29.3 Å². The van der Waals surface area contributed by atoms with Gasteiger partial charge in [0, 0.05) is 45.8 Å². The molecule has 0 aromatic heterocycles. The Morgan fingerprint density at radius 1 is 1.03 bits per heavy atom. The van der Waals surface area contributed by atoms with Gasteiger partial charge < -0.3 is 15.5 Å². The van der Waals surface area contributed by atoms with Gasteiger partial charge in [0.1, 0.15) is 6.54 Å². The maximum atomic E-state index is 12.0. The van der Waals surface area contributed by atoms with Gasteiger partial charge in [-0.25, -0.2) is 4.99 Å². The Hall–Kier alpha value is -1.35. The van der Waals surface area contributed by atoms with Crippen molar-refractivity contribution < 1.29 is 4.79 Å². The van der Waals surface area contributed by atoms with Gasteiger partial charge in [-0.2, -0.15) is 0 Å². The minimum absolute atomic E-state index is 0. The lowest BCUT2D eigenvalue weighted by atomic mass is 9.95. The van der Waals surface area contributed by atoms with Gasteiger partial charge >= 0.3 is 0 Å². The largest absolute Gasteiger partial charge is 0.354 e. The molecule has 0 atom stereocenters. The molecule has 0 bridgehead atoms. The number of hydrogen-bond acceptors (Lipinski definition) is 3. The molecule has 1 aliphatic heterocycles. The van der Waals surface area contributed by atoms with E-state index >= 15 is 0 Å². The summed E-state index contributed by atoms with van der Waals surface area (Å²) in [5.41, 5.74) is 2.79. The molecule has 7 heteroatoms. The van der Waals surface area contributed by atoms with E-state index in [9.17, 15) is 4.79 Å². The maximum Gasteiger partial charge on any atom is 0.243 e. The molecule has 2 aliphatic rings. The summed E-state index contributed by atoms with van der Waals surface area (Å²) in [6.45, 7) is 5.58. The molecule has 174 valence electrons. The number of piperidine rings is 1. The Labute approximate surface area is 205 Å². The Bertz CT molecular complexity index is 710. The van der Waals surface area contributed by atoms with E-state index in [4.69, 9.17) is 0 Å². The van der Waals surface area contributed by atoms with Crippen LogP contribution in [0.3, 0.4) is 0 Å². The molecule has 2 N–H and O–H groups in total. The zero-order chi connectivity index (χ0) is 21.3. The molecule has 1 amide bonds. The molecule has 31 heavy (non-hydrogen) atoms. The summed E-state index contributed by atoms with van der Waals surface area (Å²) in [6.07, 6.45) is 8.46. The molecule has 0 radical (unpaired) electrons. The molecule has 1 aromatic carbocycles. The number of carbonyl (C=O) groups excluding carboxylic acids is 1. The Balaban J connectivity index is 0.00000341. The lowest BCUT2D eigenvalue weighted by molar-refractivity contribution is -0.127. The van der Waals surface area contributed by atoms with E-state index in [1.54, 1.807) is 19.0 Å². The number of amides is 1. The van der Waals surface area contributed by atoms with Crippen molar-refractivity contribution in [1.82, 2.24) is 20.4 Å². The van der Waals surface area contributed by atoms with E-state index in [1.165, 1.54) is 43.2 Å². The van der Waals surface area contributed by atoms with Crippen LogP contribution in [0.5, 0.6) is 0 Å². The fourth-order valence-corrected chi connectivity index (χ4v) is 4.32. The van der Waals surface area contributed by atoms with Crippen molar-refractivity contribution >= 4 is 35.8 Å². The fourth-order valence-electron chi connectivity index (χ4n) is 4.32. The van der Waals surface area contributed by atoms with Crippen LogP contribution in [0.2, 0.25) is 0 Å². The summed E-state index contributed by atoms with van der Waals surface area (Å²) in [4.78, 5) is 20.8. The number of likely N-dealkylation sites (tertiary alicyclic amines) is 1. The van der Waals surface area contributed by atoms with Crippen molar-refractivity contribution in [2.75, 3.05) is 33.7 Å². The van der Waals surface area contributed by atoms with Crippen molar-refractivity contribution in [3.05, 3.63) is 35.4 Å². The first-order valence-electron chi connectivity index (χ1n) is 11.6. The predicted octanol–water partition coefficient (Wildman–Crippen LogP) is 3.53. The van der Waals surface area contributed by atoms with Crippen LogP contribution in [-0.2, 0) is 11.3 Å². The van der Waals surface area contributed by atoms with E-state index in [1.807, 2.05) is 0 Å². The van der Waals surface area contributed by atoms with Crippen LogP contribution in [0.1, 0.15) is 56.1 Å². The molecule has 1 aromatic rings. The number of nitrogens with one attached hydrogen (secondary N) is 2. The highest BCUT2D eigenvalue weighted by atomic mass is 127. The van der Waals surface area contributed by atoms with Gasteiger partial charge in [-0.1, -0.05) is 43.5 Å². The summed E-state index contributed by atoms with van der Waals surface area (Å²) in [6, 6.07) is 9.54. The number of nitrogens with zero attached hydrogens (tertiary/aromatic N) is 3. The monoisotopic (exact) mass is 541 g/mol. The van der Waals surface area contributed by atoms with E-state index < -0.39 is 0 Å². The first kappa shape index (κ1) is 25.9. The highest BCUT2D eigenvalue weighted by molar-refractivity contribution is 14.0. The molecule has 0 spiro atoms. The van der Waals surface area contributed by atoms with Gasteiger partial charge in [0.2, 0.25) is 5.91 Å². The SMILES string of the molecule is Cc1ccccc1CN1CCC(NC(=NCC(=O)N(C)C)NC2CCCCC2)CC1.I. The van der Waals surface area contributed by atoms with Gasteiger partial charge in [0.15, 0.2) is 5.96 Å². The standard InChI is InChI=1S/C24H39N5O.HI/c1-19-9-7-8-10-20(19)18-29-15-13-22(14-16-29)27-24(25-17-23(30)28(2)3)26-21-11-5-4-6-12-21;/h7-10,21-22H,4-6,11-18H2,1-3H3,(H2,25,26,27);1H. The molecule has 1 saturated carbocycles. The second-order valence-corrected chi connectivity index (χ2v) is 9.05. The zero-order valence-corrected chi connectivity index (χ0v) is 21.7. The highest BCUT2D eigenvalue weighted by Crippen LogP contribution is 2.18. The minimum atomic E-state index is 0. The highest BCUT2D eigenvalue weighted by Gasteiger charge is 2.22. The average Bonchev–Trinajstić information content (AvgIpc) is 2.75. The number of hydrogen-bond donors (Lipinski definition) is 2. The third-order valence-corrected chi connectivity index (χ3v) is 6.40. The Morgan fingerprint density at radius 3 is 2.26 bits per heavy atom. The number of rotatable bonds is 6. The van der Waals surface area contributed by atoms with E-state index in [0.717, 1.165) is 38.4 Å². The van der Waals surface area contributed by atoms with Gasteiger partial charge in [0.25, 0.3) is 0 Å². The van der Waals surface area contributed by atoms with Crippen molar-refractivity contribution in [3.63, 3.8) is 0 Å². The molecule has 3 rings (SSSR count). The average molecular weight is 542 g/mol. The summed E-state index contributed by atoms with van der Waals surface area (Å²) < 4.78 is 0. The number of aryl methyl sites for hydroxylation is 1. The number of carbonyl (C=O) groups is 1. The minimum Gasteiger partial charge on any atom is -0.354 e. The molecular formula is C24H40IN5O. The van der Waals surface area contributed by atoms with Crippen LogP contribution in [0.25, 0.3) is 0 Å². The molecule has 2 fully saturated rings. The summed E-state index contributed by atoms with van der Waals surface area (Å²) in [5, 5.41) is 7.25. The topological polar surface area (TPSA) is 60.0 Å². The summed E-state index contributed by atoms with van der Waals surface area (Å²) >= 11 is 0. The van der Waals surface area contributed by atoms with E-state index in [2.05, 4.69) is 51.7 Å². The van der Waals surface area contributed by atoms with Gasteiger partial charge in [-0.3, -0.25) is 9.69 Å². The summed E-state index contributed by atoms with van der Waals surface area (Å²) in [5.74, 6) is 0.849. The van der Waals surface area contributed by atoms with Crippen LogP contribution < -0.4 is 10.6 Å². The number of halogens is 1. The lowest BCUT2D eigenvalue weighted by Crippen LogP contribution is -2.51. The second kappa shape index (κ2) is 13.3. The van der Waals surface area contributed by atoms with Crippen molar-refractivity contribution in [3.8, 4) is 0 Å². The van der Waals surface area contributed by atoms with E-state index in [0.29, 0.717) is 12.1 Å². The quantitative estimate of drug-likeness (QED) is 0.329. The molecule has 0 unspecified atom stereocenters. The van der Waals surface area contributed by atoms with Crippen molar-refractivity contribution in [2.24, 2.45) is 4.99 Å². The lowest BCUT2D eigenvalue weighted by Gasteiger charge is -2.34. The molecular weight excluding hydrogens is 501 g/mol. The molecule has 6 nitrogen and oxygen atoms in total. The number of likely N-dealkylation sites (N-methyl/N-ethyl adjacent to an activating group) is 1. The number of benzene rings is 1. The van der Waals surface area contributed by atoms with Gasteiger partial charge in [0.05, 0.1) is 0 Å². The zero-order valence-electron chi connectivity index (χ0n) is 19.4. The summed E-state index contributed by atoms with van der Waals surface area (Å²) in [7, 11) is 3.56. The van der Waals surface area contributed by atoms with Crippen LogP contribution in [0.4, 0.5) is 0 Å². The molecule has 1 saturated heterocycles. The third kappa shape index (κ3) is 8.60. The molecule has 1 aliphatic carbocycles. The number of guanidine groups is 1. The van der Waals surface area contributed by atoms with Crippen molar-refractivity contribution in [1.29, 1.82) is 0 Å². The van der Waals surface area contributed by atoms with Crippen LogP contribution in [0, 0.1) is 6.92 Å². The Morgan fingerprint density at radius 2 is 1.65 bits per heavy atom. The molecule has 1 heterocycles. The third-order valence-electron chi connectivity index (χ3n) is 6.40. The smallest absolute Gasteiger partial charge is 0.243 e. The van der Waals surface area contributed by atoms with Crippen LogP contribution >= 0.6 is 24.0 Å².